The maximum atomic E-state index is 13.8. The molecule has 1 amide bonds. The zero-order chi connectivity index (χ0) is 26.0. The summed E-state index contributed by atoms with van der Waals surface area (Å²) in [4.78, 5) is 28.1. The van der Waals surface area contributed by atoms with Crippen molar-refractivity contribution in [1.82, 2.24) is 4.90 Å². The lowest BCUT2D eigenvalue weighted by molar-refractivity contribution is -0.137. The van der Waals surface area contributed by atoms with Crippen LogP contribution in [0, 0.1) is 0 Å². The van der Waals surface area contributed by atoms with Crippen LogP contribution in [0.25, 0.3) is 11.1 Å². The molecular weight excluding hydrogens is 481 g/mol. The fourth-order valence-electron chi connectivity index (χ4n) is 4.84. The van der Waals surface area contributed by atoms with Gasteiger partial charge in [-0.3, -0.25) is 14.5 Å². The average Bonchev–Trinajstić information content (AvgIpc) is 3.72. The van der Waals surface area contributed by atoms with Gasteiger partial charge >= 0.3 is 6.18 Å². The highest BCUT2D eigenvalue weighted by molar-refractivity contribution is 6.03. The Balaban J connectivity index is 1.34. The molecular formula is C29H27F3N2O3. The van der Waals surface area contributed by atoms with E-state index in [1.807, 2.05) is 59.5 Å². The number of morpholine rings is 1. The minimum absolute atomic E-state index is 0.0333. The molecule has 0 unspecified atom stereocenters. The summed E-state index contributed by atoms with van der Waals surface area (Å²) < 4.78 is 46.6. The standard InChI is InChI=1S/C29H27F3N2O3/c30-29(31,32)24-11-10-23(19-25(24)33-27(36)28(12-13-28)34-14-16-37-17-15-34)26(35)18-20-6-8-22(9-7-20)21-4-2-1-3-5-21/h1-11,19H,12-18H2,(H,33,36). The molecule has 1 N–H and O–H groups in total. The minimum atomic E-state index is -4.67. The number of ether oxygens (including phenoxy) is 1. The Morgan fingerprint density at radius 1 is 0.892 bits per heavy atom. The van der Waals surface area contributed by atoms with Crippen LogP contribution in [0.1, 0.15) is 34.3 Å². The van der Waals surface area contributed by atoms with Gasteiger partial charge in [-0.15, -0.1) is 0 Å². The fraction of sp³-hybridized carbons (Fsp3) is 0.310. The van der Waals surface area contributed by atoms with E-state index < -0.39 is 23.2 Å². The average molecular weight is 509 g/mol. The number of amides is 1. The fourth-order valence-corrected chi connectivity index (χ4v) is 4.84. The third-order valence-electron chi connectivity index (χ3n) is 7.08. The van der Waals surface area contributed by atoms with Gasteiger partial charge in [-0.2, -0.15) is 13.2 Å². The molecule has 8 heteroatoms. The van der Waals surface area contributed by atoms with Crippen LogP contribution < -0.4 is 5.32 Å². The normalized spacial score (nSPS) is 17.3. The van der Waals surface area contributed by atoms with Crippen molar-refractivity contribution in [3.63, 3.8) is 0 Å². The van der Waals surface area contributed by atoms with E-state index in [-0.39, 0.29) is 23.5 Å². The number of nitrogens with one attached hydrogen (secondary N) is 1. The highest BCUT2D eigenvalue weighted by atomic mass is 19.4. The first-order chi connectivity index (χ1) is 17.8. The first kappa shape index (κ1) is 25.2. The van der Waals surface area contributed by atoms with E-state index in [1.165, 1.54) is 6.07 Å². The van der Waals surface area contributed by atoms with Crippen molar-refractivity contribution in [2.75, 3.05) is 31.6 Å². The second-order valence-electron chi connectivity index (χ2n) is 9.51. The first-order valence-corrected chi connectivity index (χ1v) is 12.3. The van der Waals surface area contributed by atoms with Crippen molar-refractivity contribution in [3.8, 4) is 11.1 Å². The van der Waals surface area contributed by atoms with Gasteiger partial charge in [0.15, 0.2) is 5.78 Å². The van der Waals surface area contributed by atoms with Gasteiger partial charge in [-0.25, -0.2) is 0 Å². The molecule has 192 valence electrons. The van der Waals surface area contributed by atoms with Crippen molar-refractivity contribution in [2.45, 2.75) is 31.0 Å². The van der Waals surface area contributed by atoms with E-state index in [9.17, 15) is 22.8 Å². The van der Waals surface area contributed by atoms with Gasteiger partial charge in [0, 0.05) is 25.1 Å². The van der Waals surface area contributed by atoms with Gasteiger partial charge in [-0.1, -0.05) is 60.7 Å². The predicted molar refractivity (Wildman–Crippen MR) is 134 cm³/mol. The molecule has 0 aromatic heterocycles. The lowest BCUT2D eigenvalue weighted by Crippen LogP contribution is -2.51. The number of Topliss-reactive ketones (excluding diaryl/α,β-unsaturated/α-hetero) is 1. The van der Waals surface area contributed by atoms with Crippen molar-refractivity contribution < 1.29 is 27.5 Å². The molecule has 3 aromatic rings. The van der Waals surface area contributed by atoms with Gasteiger partial charge in [0.25, 0.3) is 0 Å². The zero-order valence-corrected chi connectivity index (χ0v) is 20.2. The Hall–Kier alpha value is -3.49. The molecule has 37 heavy (non-hydrogen) atoms. The molecule has 2 aliphatic rings. The van der Waals surface area contributed by atoms with Crippen LogP contribution in [-0.4, -0.2) is 48.4 Å². The van der Waals surface area contributed by atoms with Crippen molar-refractivity contribution in [3.05, 3.63) is 89.5 Å². The topological polar surface area (TPSA) is 58.6 Å². The Labute approximate surface area is 213 Å². The Morgan fingerprint density at radius 2 is 1.54 bits per heavy atom. The van der Waals surface area contributed by atoms with Gasteiger partial charge in [0.1, 0.15) is 5.54 Å². The van der Waals surface area contributed by atoms with Crippen LogP contribution >= 0.6 is 0 Å². The minimum Gasteiger partial charge on any atom is -0.379 e. The SMILES string of the molecule is O=C(Cc1ccc(-c2ccccc2)cc1)c1ccc(C(F)(F)F)c(NC(=O)C2(N3CCOCC3)CC2)c1. The van der Waals surface area contributed by atoms with Gasteiger partial charge < -0.3 is 10.1 Å². The molecule has 0 spiro atoms. The molecule has 1 heterocycles. The van der Waals surface area contributed by atoms with Crippen molar-refractivity contribution in [1.29, 1.82) is 0 Å². The quantitative estimate of drug-likeness (QED) is 0.422. The number of halogens is 3. The maximum absolute atomic E-state index is 13.8. The van der Waals surface area contributed by atoms with E-state index in [2.05, 4.69) is 5.32 Å². The van der Waals surface area contributed by atoms with E-state index in [4.69, 9.17) is 4.74 Å². The Bertz CT molecular complexity index is 1280. The van der Waals surface area contributed by atoms with Crippen LogP contribution in [0.5, 0.6) is 0 Å². The number of hydrogen-bond acceptors (Lipinski definition) is 4. The smallest absolute Gasteiger partial charge is 0.379 e. The monoisotopic (exact) mass is 508 g/mol. The number of nitrogens with zero attached hydrogens (tertiary/aromatic N) is 1. The number of alkyl halides is 3. The van der Waals surface area contributed by atoms with E-state index in [1.54, 1.807) is 0 Å². The second-order valence-corrected chi connectivity index (χ2v) is 9.51. The van der Waals surface area contributed by atoms with Crippen molar-refractivity contribution >= 4 is 17.4 Å². The molecule has 3 aromatic carbocycles. The molecule has 1 saturated heterocycles. The predicted octanol–water partition coefficient (Wildman–Crippen LogP) is 5.60. The number of rotatable bonds is 7. The molecule has 0 atom stereocenters. The molecule has 1 aliphatic heterocycles. The summed E-state index contributed by atoms with van der Waals surface area (Å²) in [6, 6.07) is 20.5. The molecule has 2 fully saturated rings. The van der Waals surface area contributed by atoms with Crippen molar-refractivity contribution in [2.24, 2.45) is 0 Å². The summed E-state index contributed by atoms with van der Waals surface area (Å²) in [5.74, 6) is -0.799. The number of anilines is 1. The second kappa shape index (κ2) is 10.1. The molecule has 0 bridgehead atoms. The van der Waals surface area contributed by atoms with Crippen LogP contribution in [0.15, 0.2) is 72.8 Å². The van der Waals surface area contributed by atoms with E-state index >= 15 is 0 Å². The van der Waals surface area contributed by atoms with Crippen LogP contribution in [0.3, 0.4) is 0 Å². The van der Waals surface area contributed by atoms with Gasteiger partial charge in [-0.05, 0) is 41.7 Å². The lowest BCUT2D eigenvalue weighted by atomic mass is 9.98. The number of ketones is 1. The summed E-state index contributed by atoms with van der Waals surface area (Å²) in [5, 5.41) is 2.51. The third kappa shape index (κ3) is 5.45. The van der Waals surface area contributed by atoms with E-state index in [0.717, 1.165) is 28.8 Å². The van der Waals surface area contributed by atoms with Crippen LogP contribution in [0.2, 0.25) is 0 Å². The molecule has 5 rings (SSSR count). The summed E-state index contributed by atoms with van der Waals surface area (Å²) in [5.41, 5.74) is 0.753. The number of carbonyl (C=O) groups excluding carboxylic acids is 2. The van der Waals surface area contributed by atoms with Gasteiger partial charge in [0.2, 0.25) is 5.91 Å². The molecule has 0 radical (unpaired) electrons. The largest absolute Gasteiger partial charge is 0.418 e. The molecule has 1 aliphatic carbocycles. The summed E-state index contributed by atoms with van der Waals surface area (Å²) in [6.07, 6.45) is -3.48. The Morgan fingerprint density at radius 3 is 2.16 bits per heavy atom. The number of benzene rings is 3. The zero-order valence-electron chi connectivity index (χ0n) is 20.2. The highest BCUT2D eigenvalue weighted by Crippen LogP contribution is 2.44. The summed E-state index contributed by atoms with van der Waals surface area (Å²) in [7, 11) is 0. The number of carbonyl (C=O) groups is 2. The number of hydrogen-bond donors (Lipinski definition) is 1. The third-order valence-corrected chi connectivity index (χ3v) is 7.08. The van der Waals surface area contributed by atoms with Crippen LogP contribution in [-0.2, 0) is 22.1 Å². The summed E-state index contributed by atoms with van der Waals surface area (Å²) >= 11 is 0. The van der Waals surface area contributed by atoms with Crippen LogP contribution in [0.4, 0.5) is 18.9 Å². The van der Waals surface area contributed by atoms with E-state index in [0.29, 0.717) is 39.1 Å². The molecule has 5 nitrogen and oxygen atoms in total. The Kier molecular flexibility index (Phi) is 6.88. The van der Waals surface area contributed by atoms with Gasteiger partial charge in [0.05, 0.1) is 24.5 Å². The highest BCUT2D eigenvalue weighted by Gasteiger charge is 2.55. The maximum Gasteiger partial charge on any atom is 0.418 e. The summed E-state index contributed by atoms with van der Waals surface area (Å²) in [6.45, 7) is 2.08. The first-order valence-electron chi connectivity index (χ1n) is 12.3. The lowest BCUT2D eigenvalue weighted by Gasteiger charge is -2.34. The molecule has 1 saturated carbocycles.